The van der Waals surface area contributed by atoms with Crippen LogP contribution in [0.25, 0.3) is 0 Å². The van der Waals surface area contributed by atoms with Crippen LogP contribution in [0.4, 0.5) is 11.4 Å². The van der Waals surface area contributed by atoms with Crippen molar-refractivity contribution in [2.45, 2.75) is 13.3 Å². The van der Waals surface area contributed by atoms with Crippen molar-refractivity contribution >= 4 is 29.2 Å². The zero-order chi connectivity index (χ0) is 13.5. The number of esters is 1. The van der Waals surface area contributed by atoms with E-state index in [1.165, 1.54) is 14.0 Å². The van der Waals surface area contributed by atoms with Gasteiger partial charge in [0, 0.05) is 18.3 Å². The van der Waals surface area contributed by atoms with Crippen molar-refractivity contribution in [2.75, 3.05) is 17.7 Å². The van der Waals surface area contributed by atoms with Gasteiger partial charge in [0.05, 0.1) is 7.11 Å². The molecular formula is C12H14N2O4. The van der Waals surface area contributed by atoms with Gasteiger partial charge in [-0.1, -0.05) is 0 Å². The topological polar surface area (TPSA) is 84.5 Å². The average molecular weight is 250 g/mol. The Bertz CT molecular complexity index is 454. The highest BCUT2D eigenvalue weighted by Crippen LogP contribution is 2.13. The summed E-state index contributed by atoms with van der Waals surface area (Å²) >= 11 is 0. The number of benzene rings is 1. The number of hydrogen-bond acceptors (Lipinski definition) is 4. The van der Waals surface area contributed by atoms with E-state index in [9.17, 15) is 14.4 Å². The molecule has 0 saturated heterocycles. The Kier molecular flexibility index (Phi) is 4.86. The lowest BCUT2D eigenvalue weighted by Crippen LogP contribution is -2.17. The maximum absolute atomic E-state index is 11.4. The van der Waals surface area contributed by atoms with Gasteiger partial charge in [-0.2, -0.15) is 0 Å². The molecule has 0 aliphatic heterocycles. The highest BCUT2D eigenvalue weighted by Gasteiger charge is 2.09. The van der Waals surface area contributed by atoms with Crippen LogP contribution >= 0.6 is 0 Å². The molecule has 0 atom stereocenters. The minimum Gasteiger partial charge on any atom is -0.469 e. The first-order valence-corrected chi connectivity index (χ1v) is 5.25. The summed E-state index contributed by atoms with van der Waals surface area (Å²) in [6, 6.07) is 6.55. The molecule has 0 fully saturated rings. The second kappa shape index (κ2) is 6.39. The van der Waals surface area contributed by atoms with E-state index in [1.807, 2.05) is 0 Å². The Labute approximate surface area is 104 Å². The second-order valence-electron chi connectivity index (χ2n) is 3.56. The zero-order valence-corrected chi connectivity index (χ0v) is 10.1. The third-order valence-corrected chi connectivity index (χ3v) is 2.02. The summed E-state index contributed by atoms with van der Waals surface area (Å²) < 4.78 is 4.37. The van der Waals surface area contributed by atoms with Crippen LogP contribution in [0.2, 0.25) is 0 Å². The summed E-state index contributed by atoms with van der Waals surface area (Å²) in [6.07, 6.45) is -0.329. The molecule has 6 heteroatoms. The number of amides is 2. The van der Waals surface area contributed by atoms with Crippen molar-refractivity contribution in [1.29, 1.82) is 0 Å². The van der Waals surface area contributed by atoms with Crippen molar-refractivity contribution in [3.63, 3.8) is 0 Å². The number of rotatable bonds is 4. The van der Waals surface area contributed by atoms with Gasteiger partial charge < -0.3 is 15.4 Å². The molecule has 0 saturated carbocycles. The molecule has 96 valence electrons. The van der Waals surface area contributed by atoms with E-state index in [-0.39, 0.29) is 12.3 Å². The molecule has 1 aromatic rings. The van der Waals surface area contributed by atoms with Crippen LogP contribution in [0.1, 0.15) is 13.3 Å². The number of nitrogens with one attached hydrogen (secondary N) is 2. The lowest BCUT2D eigenvalue weighted by molar-refractivity contribution is -0.142. The third-order valence-electron chi connectivity index (χ3n) is 2.02. The summed E-state index contributed by atoms with van der Waals surface area (Å²) in [5.41, 5.74) is 1.17. The molecule has 0 heterocycles. The first-order chi connectivity index (χ1) is 8.51. The Hall–Kier alpha value is -2.37. The normalized spacial score (nSPS) is 9.44. The largest absolute Gasteiger partial charge is 0.469 e. The van der Waals surface area contributed by atoms with E-state index in [4.69, 9.17) is 0 Å². The molecule has 0 unspecified atom stereocenters. The smallest absolute Gasteiger partial charge is 0.315 e. The minimum atomic E-state index is -0.595. The number of carbonyl (C=O) groups excluding carboxylic acids is 3. The number of carbonyl (C=O) groups is 3. The third kappa shape index (κ3) is 4.65. The summed E-state index contributed by atoms with van der Waals surface area (Å²) in [6.45, 7) is 1.41. The molecule has 0 aromatic heterocycles. The molecule has 2 N–H and O–H groups in total. The highest BCUT2D eigenvalue weighted by atomic mass is 16.5. The molecule has 1 aromatic carbocycles. The van der Waals surface area contributed by atoms with Crippen molar-refractivity contribution in [3.05, 3.63) is 24.3 Å². The number of ether oxygens (including phenoxy) is 1. The van der Waals surface area contributed by atoms with Gasteiger partial charge in [-0.15, -0.1) is 0 Å². The maximum atomic E-state index is 11.4. The van der Waals surface area contributed by atoms with Gasteiger partial charge >= 0.3 is 5.97 Å². The summed E-state index contributed by atoms with van der Waals surface area (Å²) in [5.74, 6) is -1.21. The quantitative estimate of drug-likeness (QED) is 0.620. The molecule has 2 amide bonds. The molecule has 0 spiro atoms. The zero-order valence-electron chi connectivity index (χ0n) is 10.1. The molecule has 0 bridgehead atoms. The highest BCUT2D eigenvalue weighted by molar-refractivity contribution is 6.02. The van der Waals surface area contributed by atoms with E-state index in [1.54, 1.807) is 24.3 Å². The van der Waals surface area contributed by atoms with Crippen molar-refractivity contribution in [3.8, 4) is 0 Å². The lowest BCUT2D eigenvalue weighted by Gasteiger charge is -2.06. The standard InChI is InChI=1S/C12H14N2O4/c1-8(15)13-9-3-5-10(6-4-9)14-11(16)7-12(17)18-2/h3-6H,7H2,1-2H3,(H,13,15)(H,14,16). The van der Waals surface area contributed by atoms with E-state index >= 15 is 0 Å². The summed E-state index contributed by atoms with van der Waals surface area (Å²) in [7, 11) is 1.22. The minimum absolute atomic E-state index is 0.169. The fourth-order valence-electron chi connectivity index (χ4n) is 1.25. The Morgan fingerprint density at radius 2 is 1.56 bits per heavy atom. The molecular weight excluding hydrogens is 236 g/mol. The molecule has 0 radical (unpaired) electrons. The van der Waals surface area contributed by atoms with Crippen LogP contribution in [0.15, 0.2) is 24.3 Å². The molecule has 6 nitrogen and oxygen atoms in total. The van der Waals surface area contributed by atoms with Crippen LogP contribution in [0, 0.1) is 0 Å². The first kappa shape index (κ1) is 13.7. The van der Waals surface area contributed by atoms with Gasteiger partial charge in [-0.3, -0.25) is 14.4 Å². The van der Waals surface area contributed by atoms with Gasteiger partial charge in [0.15, 0.2) is 0 Å². The van der Waals surface area contributed by atoms with Crippen LogP contribution in [0.5, 0.6) is 0 Å². The van der Waals surface area contributed by atoms with E-state index < -0.39 is 11.9 Å². The van der Waals surface area contributed by atoms with Crippen molar-refractivity contribution < 1.29 is 19.1 Å². The van der Waals surface area contributed by atoms with Crippen LogP contribution in [-0.4, -0.2) is 24.9 Å². The summed E-state index contributed by atoms with van der Waals surface area (Å²) in [4.78, 5) is 33.0. The predicted octanol–water partition coefficient (Wildman–Crippen LogP) is 1.15. The van der Waals surface area contributed by atoms with Crippen molar-refractivity contribution in [2.24, 2.45) is 0 Å². The summed E-state index contributed by atoms with van der Waals surface area (Å²) in [5, 5.41) is 5.14. The molecule has 18 heavy (non-hydrogen) atoms. The van der Waals surface area contributed by atoms with Crippen LogP contribution in [-0.2, 0) is 19.1 Å². The first-order valence-electron chi connectivity index (χ1n) is 5.25. The maximum Gasteiger partial charge on any atom is 0.315 e. The fraction of sp³-hybridized carbons (Fsp3) is 0.250. The average Bonchev–Trinajstić information content (AvgIpc) is 2.30. The fourth-order valence-corrected chi connectivity index (χ4v) is 1.25. The number of methoxy groups -OCH3 is 1. The van der Waals surface area contributed by atoms with E-state index in [0.29, 0.717) is 11.4 Å². The predicted molar refractivity (Wildman–Crippen MR) is 66.0 cm³/mol. The van der Waals surface area contributed by atoms with Crippen LogP contribution < -0.4 is 10.6 Å². The van der Waals surface area contributed by atoms with Gasteiger partial charge in [-0.25, -0.2) is 0 Å². The van der Waals surface area contributed by atoms with Gasteiger partial charge in [0.1, 0.15) is 6.42 Å². The van der Waals surface area contributed by atoms with Crippen LogP contribution in [0.3, 0.4) is 0 Å². The van der Waals surface area contributed by atoms with Gasteiger partial charge in [0.2, 0.25) is 11.8 Å². The molecule has 0 aliphatic carbocycles. The Balaban J connectivity index is 2.55. The Morgan fingerprint density at radius 1 is 1.06 bits per heavy atom. The Morgan fingerprint density at radius 3 is 2.00 bits per heavy atom. The van der Waals surface area contributed by atoms with E-state index in [2.05, 4.69) is 15.4 Å². The molecule has 1 rings (SSSR count). The number of hydrogen-bond donors (Lipinski definition) is 2. The van der Waals surface area contributed by atoms with E-state index in [0.717, 1.165) is 0 Å². The monoisotopic (exact) mass is 250 g/mol. The lowest BCUT2D eigenvalue weighted by atomic mass is 10.2. The van der Waals surface area contributed by atoms with Crippen molar-refractivity contribution in [1.82, 2.24) is 0 Å². The second-order valence-corrected chi connectivity index (χ2v) is 3.56. The SMILES string of the molecule is COC(=O)CC(=O)Nc1ccc(NC(C)=O)cc1. The number of anilines is 2. The molecule has 0 aliphatic rings. The van der Waals surface area contributed by atoms with Gasteiger partial charge in [0.25, 0.3) is 0 Å². The van der Waals surface area contributed by atoms with Gasteiger partial charge in [-0.05, 0) is 24.3 Å².